The predicted octanol–water partition coefficient (Wildman–Crippen LogP) is 4.61. The van der Waals surface area contributed by atoms with Crippen LogP contribution in [0.15, 0.2) is 59.1 Å². The molecule has 35 heavy (non-hydrogen) atoms. The number of methoxy groups -OCH3 is 1. The predicted molar refractivity (Wildman–Crippen MR) is 135 cm³/mol. The van der Waals surface area contributed by atoms with Crippen molar-refractivity contribution in [2.24, 2.45) is 0 Å². The summed E-state index contributed by atoms with van der Waals surface area (Å²) in [5.74, 6) is 0.398. The molecule has 2 aromatic carbocycles. The number of rotatable bonds is 8. The van der Waals surface area contributed by atoms with Gasteiger partial charge in [0, 0.05) is 16.6 Å². The van der Waals surface area contributed by atoms with Crippen molar-refractivity contribution in [2.45, 2.75) is 25.1 Å². The zero-order valence-corrected chi connectivity index (χ0v) is 21.1. The summed E-state index contributed by atoms with van der Waals surface area (Å²) >= 11 is 2.76. The molecule has 180 valence electrons. The number of aryl methyl sites for hydroxylation is 1. The maximum Gasteiger partial charge on any atom is 0.338 e. The van der Waals surface area contributed by atoms with Crippen LogP contribution in [0.1, 0.15) is 23.1 Å². The highest BCUT2D eigenvalue weighted by atomic mass is 32.2. The number of amides is 1. The van der Waals surface area contributed by atoms with Gasteiger partial charge in [0.25, 0.3) is 5.91 Å². The molecule has 0 aliphatic carbocycles. The minimum Gasteiger partial charge on any atom is -0.497 e. The number of ether oxygens (including phenoxy) is 2. The minimum absolute atomic E-state index is 0.333. The molecule has 4 rings (SSSR count). The fourth-order valence-corrected chi connectivity index (χ4v) is 4.52. The third-order valence-electron chi connectivity index (χ3n) is 5.09. The smallest absolute Gasteiger partial charge is 0.338 e. The molecule has 0 aliphatic heterocycles. The van der Waals surface area contributed by atoms with Gasteiger partial charge in [-0.3, -0.25) is 14.7 Å². The number of anilines is 1. The number of thiazole rings is 1. The van der Waals surface area contributed by atoms with Crippen LogP contribution in [0.4, 0.5) is 5.13 Å². The van der Waals surface area contributed by atoms with Crippen molar-refractivity contribution < 1.29 is 19.1 Å². The summed E-state index contributed by atoms with van der Waals surface area (Å²) in [4.78, 5) is 29.6. The average Bonchev–Trinajstić information content (AvgIpc) is 3.50. The van der Waals surface area contributed by atoms with E-state index in [9.17, 15) is 9.59 Å². The molecule has 0 saturated carbocycles. The number of aromatic nitrogens is 4. The summed E-state index contributed by atoms with van der Waals surface area (Å²) in [6.45, 7) is 3.38. The molecule has 1 amide bonds. The van der Waals surface area contributed by atoms with Gasteiger partial charge < -0.3 is 9.47 Å². The molecule has 1 N–H and O–H groups in total. The van der Waals surface area contributed by atoms with Crippen molar-refractivity contribution in [1.82, 2.24) is 19.7 Å². The van der Waals surface area contributed by atoms with Crippen molar-refractivity contribution in [1.29, 1.82) is 0 Å². The summed E-state index contributed by atoms with van der Waals surface area (Å²) in [5.41, 5.74) is 2.74. The highest BCUT2D eigenvalue weighted by molar-refractivity contribution is 7.98. The monoisotopic (exact) mass is 509 g/mol. The molecule has 1 atom stereocenters. The van der Waals surface area contributed by atoms with Crippen LogP contribution < -0.4 is 10.1 Å². The molecule has 9 nitrogen and oxygen atoms in total. The maximum atomic E-state index is 12.6. The van der Waals surface area contributed by atoms with Crippen molar-refractivity contribution in [3.05, 3.63) is 65.3 Å². The van der Waals surface area contributed by atoms with Crippen molar-refractivity contribution in [3.63, 3.8) is 0 Å². The van der Waals surface area contributed by atoms with Gasteiger partial charge in [-0.05, 0) is 56.5 Å². The van der Waals surface area contributed by atoms with Gasteiger partial charge in [0.05, 0.1) is 18.4 Å². The van der Waals surface area contributed by atoms with E-state index in [1.807, 2.05) is 47.4 Å². The molecular formula is C24H23N5O4S2. The van der Waals surface area contributed by atoms with E-state index in [1.54, 1.807) is 31.4 Å². The lowest BCUT2D eigenvalue weighted by Gasteiger charge is -2.13. The van der Waals surface area contributed by atoms with E-state index in [2.05, 4.69) is 20.5 Å². The van der Waals surface area contributed by atoms with E-state index >= 15 is 0 Å². The molecule has 0 saturated heterocycles. The average molecular weight is 510 g/mol. The van der Waals surface area contributed by atoms with Crippen LogP contribution in [0.5, 0.6) is 5.75 Å². The van der Waals surface area contributed by atoms with Gasteiger partial charge in [0.15, 0.2) is 16.4 Å². The highest BCUT2D eigenvalue weighted by Crippen LogP contribution is 2.27. The Morgan fingerprint density at radius 1 is 1.14 bits per heavy atom. The van der Waals surface area contributed by atoms with Crippen LogP contribution in [0.2, 0.25) is 0 Å². The molecule has 0 bridgehead atoms. The molecular weight excluding hydrogens is 486 g/mol. The Labute approximate surface area is 210 Å². The normalized spacial score (nSPS) is 11.7. The Morgan fingerprint density at radius 2 is 1.91 bits per heavy atom. The third-order valence-corrected chi connectivity index (χ3v) is 6.48. The SMILES string of the molecule is COc1cccc(-c2csc(NC(=O)C(C)OC(=O)c3ccc(-n4c(C)nnc4SC)cc3)n2)c1. The third kappa shape index (κ3) is 5.52. The van der Waals surface area contributed by atoms with Gasteiger partial charge in [-0.15, -0.1) is 21.5 Å². The van der Waals surface area contributed by atoms with Crippen LogP contribution in [0.3, 0.4) is 0 Å². The van der Waals surface area contributed by atoms with E-state index in [0.29, 0.717) is 16.4 Å². The van der Waals surface area contributed by atoms with Crippen LogP contribution in [0, 0.1) is 6.92 Å². The number of nitrogens with one attached hydrogen (secondary N) is 1. The van der Waals surface area contributed by atoms with Gasteiger partial charge in [-0.2, -0.15) is 0 Å². The number of hydrogen-bond donors (Lipinski definition) is 1. The van der Waals surface area contributed by atoms with Crippen LogP contribution in [-0.2, 0) is 9.53 Å². The first-order valence-corrected chi connectivity index (χ1v) is 12.7. The molecule has 0 fully saturated rings. The largest absolute Gasteiger partial charge is 0.497 e. The van der Waals surface area contributed by atoms with Gasteiger partial charge in [-0.25, -0.2) is 9.78 Å². The molecule has 0 aliphatic rings. The molecule has 0 radical (unpaired) electrons. The van der Waals surface area contributed by atoms with E-state index in [-0.39, 0.29) is 0 Å². The van der Waals surface area contributed by atoms with Gasteiger partial charge in [0.2, 0.25) is 0 Å². The first-order valence-electron chi connectivity index (χ1n) is 10.6. The zero-order valence-electron chi connectivity index (χ0n) is 19.5. The van der Waals surface area contributed by atoms with E-state index in [0.717, 1.165) is 28.0 Å². The Bertz CT molecular complexity index is 1350. The van der Waals surface area contributed by atoms with E-state index < -0.39 is 18.0 Å². The molecule has 0 spiro atoms. The zero-order chi connectivity index (χ0) is 24.9. The lowest BCUT2D eigenvalue weighted by atomic mass is 10.2. The number of hydrogen-bond acceptors (Lipinski definition) is 9. The Balaban J connectivity index is 1.37. The van der Waals surface area contributed by atoms with E-state index in [4.69, 9.17) is 9.47 Å². The van der Waals surface area contributed by atoms with Crippen molar-refractivity contribution >= 4 is 40.1 Å². The van der Waals surface area contributed by atoms with Crippen molar-refractivity contribution in [3.8, 4) is 22.7 Å². The summed E-state index contributed by atoms with van der Waals surface area (Å²) in [7, 11) is 1.60. The Hall–Kier alpha value is -3.70. The first kappa shape index (κ1) is 24.4. The summed E-state index contributed by atoms with van der Waals surface area (Å²) < 4.78 is 12.5. The second-order valence-corrected chi connectivity index (χ2v) is 9.05. The summed E-state index contributed by atoms with van der Waals surface area (Å²) in [6, 6.07) is 14.4. The quantitative estimate of drug-likeness (QED) is 0.271. The summed E-state index contributed by atoms with van der Waals surface area (Å²) in [6.07, 6.45) is 0.915. The standard InChI is InChI=1S/C24H23N5O4S2/c1-14(21(30)26-23-25-20(13-35-23)17-6-5-7-19(12-17)32-3)33-22(31)16-8-10-18(11-9-16)29-15(2)27-28-24(29)34-4/h5-14H,1-4H3,(H,25,26,30). The number of carbonyl (C=O) groups is 2. The second-order valence-electron chi connectivity index (χ2n) is 7.42. The fraction of sp³-hybridized carbons (Fsp3) is 0.208. The number of nitrogens with zero attached hydrogens (tertiary/aromatic N) is 4. The molecule has 2 aromatic heterocycles. The van der Waals surface area contributed by atoms with Crippen LogP contribution in [-0.4, -0.2) is 51.1 Å². The topological polar surface area (TPSA) is 108 Å². The van der Waals surface area contributed by atoms with Gasteiger partial charge in [-0.1, -0.05) is 23.9 Å². The number of benzene rings is 2. The van der Waals surface area contributed by atoms with Gasteiger partial charge in [0.1, 0.15) is 11.6 Å². The number of carbonyl (C=O) groups excluding carboxylic acids is 2. The van der Waals surface area contributed by atoms with Crippen LogP contribution in [0.25, 0.3) is 16.9 Å². The van der Waals surface area contributed by atoms with Crippen molar-refractivity contribution in [2.75, 3.05) is 18.7 Å². The second kappa shape index (κ2) is 10.7. The maximum absolute atomic E-state index is 12.6. The fourth-order valence-electron chi connectivity index (χ4n) is 3.25. The Morgan fingerprint density at radius 3 is 2.63 bits per heavy atom. The summed E-state index contributed by atoms with van der Waals surface area (Å²) in [5, 5.41) is 13.9. The number of esters is 1. The molecule has 1 unspecified atom stereocenters. The van der Waals surface area contributed by atoms with Gasteiger partial charge >= 0.3 is 5.97 Å². The molecule has 11 heteroatoms. The lowest BCUT2D eigenvalue weighted by molar-refractivity contribution is -0.123. The first-order chi connectivity index (χ1) is 16.9. The molecule has 2 heterocycles. The molecule has 4 aromatic rings. The highest BCUT2D eigenvalue weighted by Gasteiger charge is 2.21. The lowest BCUT2D eigenvalue weighted by Crippen LogP contribution is -2.30. The number of thioether (sulfide) groups is 1. The van der Waals surface area contributed by atoms with E-state index in [1.165, 1.54) is 30.0 Å². The minimum atomic E-state index is -1.01. The Kier molecular flexibility index (Phi) is 7.47. The van der Waals surface area contributed by atoms with Crippen LogP contribution >= 0.6 is 23.1 Å².